The van der Waals surface area contributed by atoms with E-state index < -0.39 is 5.97 Å². The van der Waals surface area contributed by atoms with Crippen molar-refractivity contribution in [2.45, 2.75) is 6.92 Å². The van der Waals surface area contributed by atoms with Gasteiger partial charge in [-0.05, 0) is 42.8 Å². The zero-order valence-corrected chi connectivity index (χ0v) is 15.0. The lowest BCUT2D eigenvalue weighted by molar-refractivity contribution is -0.129. The highest BCUT2D eigenvalue weighted by Crippen LogP contribution is 2.39. The van der Waals surface area contributed by atoms with Crippen LogP contribution in [0.15, 0.2) is 47.1 Å². The van der Waals surface area contributed by atoms with Crippen LogP contribution in [-0.4, -0.2) is 33.2 Å². The number of aryl methyl sites for hydroxylation is 1. The van der Waals surface area contributed by atoms with Crippen molar-refractivity contribution in [3.8, 4) is 17.2 Å². The predicted octanol–water partition coefficient (Wildman–Crippen LogP) is 3.37. The number of hydrogen-bond acceptors (Lipinski definition) is 6. The van der Waals surface area contributed by atoms with Crippen LogP contribution in [0.2, 0.25) is 0 Å². The van der Waals surface area contributed by atoms with Crippen LogP contribution in [0.5, 0.6) is 17.2 Å². The third-order valence-electron chi connectivity index (χ3n) is 3.91. The molecule has 1 aliphatic rings. The van der Waals surface area contributed by atoms with E-state index in [-0.39, 0.29) is 11.6 Å². The van der Waals surface area contributed by atoms with Gasteiger partial charge in [0.05, 0.1) is 21.3 Å². The standard InChI is InChI=1S/C20H19NO5/c1-12-5-7-14(8-6-12)19-21-15(20(22)26-19)9-13-10-16(23-2)18(25-4)17(11-13)24-3/h5-11H,1-4H3/b15-9+. The van der Waals surface area contributed by atoms with Crippen LogP contribution in [-0.2, 0) is 9.53 Å². The van der Waals surface area contributed by atoms with Gasteiger partial charge in [-0.15, -0.1) is 0 Å². The van der Waals surface area contributed by atoms with Gasteiger partial charge >= 0.3 is 5.97 Å². The van der Waals surface area contributed by atoms with Gasteiger partial charge in [-0.1, -0.05) is 17.7 Å². The van der Waals surface area contributed by atoms with E-state index in [2.05, 4.69) is 4.99 Å². The Bertz CT molecular complexity index is 872. The molecular weight excluding hydrogens is 334 g/mol. The summed E-state index contributed by atoms with van der Waals surface area (Å²) in [5, 5.41) is 0. The summed E-state index contributed by atoms with van der Waals surface area (Å²) in [5.41, 5.74) is 2.75. The van der Waals surface area contributed by atoms with Gasteiger partial charge < -0.3 is 18.9 Å². The molecule has 0 atom stereocenters. The van der Waals surface area contributed by atoms with Crippen LogP contribution in [0.25, 0.3) is 6.08 Å². The van der Waals surface area contributed by atoms with Crippen molar-refractivity contribution in [1.29, 1.82) is 0 Å². The molecule has 6 nitrogen and oxygen atoms in total. The first-order valence-corrected chi connectivity index (χ1v) is 7.95. The Morgan fingerprint density at radius 2 is 1.58 bits per heavy atom. The Balaban J connectivity index is 1.99. The number of carbonyl (C=O) groups excluding carboxylic acids is 1. The number of aliphatic imine (C=N–C) groups is 1. The van der Waals surface area contributed by atoms with Crippen molar-refractivity contribution in [1.82, 2.24) is 0 Å². The average molecular weight is 353 g/mol. The molecular formula is C20H19NO5. The monoisotopic (exact) mass is 353 g/mol. The first-order valence-electron chi connectivity index (χ1n) is 7.95. The summed E-state index contributed by atoms with van der Waals surface area (Å²) >= 11 is 0. The first kappa shape index (κ1) is 17.5. The molecule has 2 aromatic rings. The molecule has 6 heteroatoms. The molecule has 0 aromatic heterocycles. The third-order valence-corrected chi connectivity index (χ3v) is 3.91. The smallest absolute Gasteiger partial charge is 0.363 e. The maximum atomic E-state index is 12.2. The van der Waals surface area contributed by atoms with E-state index in [1.807, 2.05) is 31.2 Å². The zero-order chi connectivity index (χ0) is 18.7. The number of esters is 1. The van der Waals surface area contributed by atoms with Gasteiger partial charge in [0.2, 0.25) is 11.6 Å². The summed E-state index contributed by atoms with van der Waals surface area (Å²) in [5.74, 6) is 1.25. The largest absolute Gasteiger partial charge is 0.493 e. The molecule has 0 N–H and O–H groups in total. The molecule has 0 radical (unpaired) electrons. The number of nitrogens with zero attached hydrogens (tertiary/aromatic N) is 1. The number of ether oxygens (including phenoxy) is 4. The Labute approximate surface area is 151 Å². The summed E-state index contributed by atoms with van der Waals surface area (Å²) in [7, 11) is 4.60. The van der Waals surface area contributed by atoms with E-state index in [0.29, 0.717) is 22.8 Å². The third kappa shape index (κ3) is 3.39. The normalized spacial score (nSPS) is 14.8. The topological polar surface area (TPSA) is 66.4 Å². The van der Waals surface area contributed by atoms with E-state index in [1.54, 1.807) is 18.2 Å². The predicted molar refractivity (Wildman–Crippen MR) is 97.9 cm³/mol. The van der Waals surface area contributed by atoms with E-state index in [1.165, 1.54) is 21.3 Å². The summed E-state index contributed by atoms with van der Waals surface area (Å²) in [6.07, 6.45) is 1.62. The fourth-order valence-electron chi connectivity index (χ4n) is 2.57. The van der Waals surface area contributed by atoms with E-state index >= 15 is 0 Å². The van der Waals surface area contributed by atoms with Crippen LogP contribution in [0.4, 0.5) is 0 Å². The van der Waals surface area contributed by atoms with Gasteiger partial charge in [-0.25, -0.2) is 9.79 Å². The quantitative estimate of drug-likeness (QED) is 0.609. The summed E-state index contributed by atoms with van der Waals surface area (Å²) in [6.45, 7) is 1.99. The SMILES string of the molecule is COc1cc(/C=C2/N=C(c3ccc(C)cc3)OC2=O)cc(OC)c1OC. The maximum Gasteiger partial charge on any atom is 0.363 e. The number of methoxy groups -OCH3 is 3. The molecule has 1 aliphatic heterocycles. The highest BCUT2D eigenvalue weighted by Gasteiger charge is 2.24. The number of rotatable bonds is 5. The molecule has 0 aliphatic carbocycles. The highest BCUT2D eigenvalue weighted by molar-refractivity contribution is 6.12. The Kier molecular flexibility index (Phi) is 4.93. The molecule has 134 valence electrons. The van der Waals surface area contributed by atoms with Crippen LogP contribution >= 0.6 is 0 Å². The van der Waals surface area contributed by atoms with E-state index in [9.17, 15) is 4.79 Å². The molecule has 0 amide bonds. The van der Waals surface area contributed by atoms with E-state index in [4.69, 9.17) is 18.9 Å². The lowest BCUT2D eigenvalue weighted by Gasteiger charge is -2.12. The molecule has 26 heavy (non-hydrogen) atoms. The second-order valence-electron chi connectivity index (χ2n) is 5.66. The van der Waals surface area contributed by atoms with Crippen molar-refractivity contribution < 1.29 is 23.7 Å². The molecule has 0 spiro atoms. The van der Waals surface area contributed by atoms with Gasteiger partial charge in [-0.2, -0.15) is 0 Å². The first-order chi connectivity index (χ1) is 12.5. The molecule has 0 bridgehead atoms. The van der Waals surface area contributed by atoms with Crippen molar-refractivity contribution in [2.75, 3.05) is 21.3 Å². The van der Waals surface area contributed by atoms with Crippen molar-refractivity contribution in [3.63, 3.8) is 0 Å². The Morgan fingerprint density at radius 3 is 2.12 bits per heavy atom. The lowest BCUT2D eigenvalue weighted by Crippen LogP contribution is -2.05. The molecule has 0 saturated carbocycles. The van der Waals surface area contributed by atoms with Crippen molar-refractivity contribution >= 4 is 17.9 Å². The zero-order valence-electron chi connectivity index (χ0n) is 15.0. The molecule has 0 saturated heterocycles. The summed E-state index contributed by atoms with van der Waals surface area (Å²) < 4.78 is 21.2. The van der Waals surface area contributed by atoms with Gasteiger partial charge in [0, 0.05) is 5.56 Å². The number of cyclic esters (lactones) is 1. The van der Waals surface area contributed by atoms with Crippen molar-refractivity contribution in [2.24, 2.45) is 4.99 Å². The van der Waals surface area contributed by atoms with E-state index in [0.717, 1.165) is 11.1 Å². The molecule has 1 heterocycles. The van der Waals surface area contributed by atoms with Gasteiger partial charge in [0.15, 0.2) is 17.2 Å². The molecule has 0 unspecified atom stereocenters. The average Bonchev–Trinajstić information content (AvgIpc) is 3.01. The van der Waals surface area contributed by atoms with Gasteiger partial charge in [0.25, 0.3) is 0 Å². The lowest BCUT2D eigenvalue weighted by atomic mass is 10.1. The fourth-order valence-corrected chi connectivity index (χ4v) is 2.57. The Hall–Kier alpha value is -3.28. The summed E-state index contributed by atoms with van der Waals surface area (Å²) in [4.78, 5) is 16.5. The minimum atomic E-state index is -0.505. The Morgan fingerprint density at radius 1 is 0.962 bits per heavy atom. The molecule has 3 rings (SSSR count). The number of hydrogen-bond donors (Lipinski definition) is 0. The van der Waals surface area contributed by atoms with Crippen LogP contribution in [0.3, 0.4) is 0 Å². The van der Waals surface area contributed by atoms with Gasteiger partial charge in [-0.3, -0.25) is 0 Å². The van der Waals surface area contributed by atoms with Crippen LogP contribution < -0.4 is 14.2 Å². The van der Waals surface area contributed by atoms with Gasteiger partial charge in [0.1, 0.15) is 0 Å². The fraction of sp³-hybridized carbons (Fsp3) is 0.200. The second-order valence-corrected chi connectivity index (χ2v) is 5.66. The minimum Gasteiger partial charge on any atom is -0.493 e. The highest BCUT2D eigenvalue weighted by atomic mass is 16.6. The molecule has 2 aromatic carbocycles. The van der Waals surface area contributed by atoms with Crippen LogP contribution in [0, 0.1) is 6.92 Å². The minimum absolute atomic E-state index is 0.204. The second kappa shape index (κ2) is 7.31. The van der Waals surface area contributed by atoms with Crippen molar-refractivity contribution in [3.05, 3.63) is 58.8 Å². The number of benzene rings is 2. The van der Waals surface area contributed by atoms with Crippen LogP contribution in [0.1, 0.15) is 16.7 Å². The maximum absolute atomic E-state index is 12.2. The number of carbonyl (C=O) groups is 1. The molecule has 0 fully saturated rings. The summed E-state index contributed by atoms with van der Waals surface area (Å²) in [6, 6.07) is 11.1.